The summed E-state index contributed by atoms with van der Waals surface area (Å²) in [6, 6.07) is 6.82. The van der Waals surface area contributed by atoms with E-state index in [1.54, 1.807) is 13.0 Å². The number of anilines is 2. The number of pyridine rings is 1. The van der Waals surface area contributed by atoms with Crippen LogP contribution in [0.1, 0.15) is 27.9 Å². The highest BCUT2D eigenvalue weighted by Crippen LogP contribution is 2.40. The standard InChI is InChI=1S/C19H16FN3O2S2/c1-4-25-18(24)16-15(13-9(2)8-10(3)21-17(13)27-16)23-19-22-14-11(20)6-5-7-12(14)26-19/h5-8H,4H2,1-3H3,(H,22,23). The molecule has 0 fully saturated rings. The van der Waals surface area contributed by atoms with E-state index >= 15 is 0 Å². The summed E-state index contributed by atoms with van der Waals surface area (Å²) in [5.74, 6) is -0.779. The van der Waals surface area contributed by atoms with Gasteiger partial charge in [0.15, 0.2) is 5.13 Å². The van der Waals surface area contributed by atoms with Crippen molar-refractivity contribution in [1.82, 2.24) is 9.97 Å². The number of nitrogens with zero attached hydrogens (tertiary/aromatic N) is 2. The number of carbonyl (C=O) groups excluding carboxylic acids is 1. The van der Waals surface area contributed by atoms with Crippen molar-refractivity contribution in [1.29, 1.82) is 0 Å². The maximum atomic E-state index is 14.0. The third kappa shape index (κ3) is 3.15. The molecule has 4 rings (SSSR count). The maximum Gasteiger partial charge on any atom is 0.350 e. The number of benzene rings is 1. The number of para-hydroxylation sites is 1. The van der Waals surface area contributed by atoms with Gasteiger partial charge < -0.3 is 10.1 Å². The van der Waals surface area contributed by atoms with E-state index < -0.39 is 5.97 Å². The first-order chi connectivity index (χ1) is 13.0. The fraction of sp³-hybridized carbons (Fsp3) is 0.211. The zero-order valence-electron chi connectivity index (χ0n) is 14.9. The Hall–Kier alpha value is -2.58. The molecule has 0 saturated carbocycles. The first-order valence-corrected chi connectivity index (χ1v) is 10.0. The number of fused-ring (bicyclic) bond motifs is 2. The number of rotatable bonds is 4. The van der Waals surface area contributed by atoms with Crippen LogP contribution in [0, 0.1) is 19.7 Å². The van der Waals surface area contributed by atoms with E-state index in [9.17, 15) is 9.18 Å². The summed E-state index contributed by atoms with van der Waals surface area (Å²) in [5, 5.41) is 4.59. The third-order valence-corrected chi connectivity index (χ3v) is 6.05. The number of nitrogens with one attached hydrogen (secondary N) is 1. The minimum atomic E-state index is -0.410. The summed E-state index contributed by atoms with van der Waals surface area (Å²) < 4.78 is 19.9. The average Bonchev–Trinajstić information content (AvgIpc) is 3.17. The molecule has 5 nitrogen and oxygen atoms in total. The Balaban J connectivity index is 1.88. The Morgan fingerprint density at radius 1 is 1.26 bits per heavy atom. The molecule has 0 bridgehead atoms. The van der Waals surface area contributed by atoms with Crippen molar-refractivity contribution in [2.75, 3.05) is 11.9 Å². The predicted octanol–water partition coefficient (Wildman–Crippen LogP) is 5.58. The molecule has 0 radical (unpaired) electrons. The number of hydrogen-bond acceptors (Lipinski definition) is 7. The van der Waals surface area contributed by atoms with Crippen LogP contribution in [-0.2, 0) is 4.74 Å². The van der Waals surface area contributed by atoms with E-state index in [-0.39, 0.29) is 12.4 Å². The molecule has 4 aromatic rings. The van der Waals surface area contributed by atoms with Crippen LogP contribution in [-0.4, -0.2) is 22.5 Å². The van der Waals surface area contributed by atoms with Crippen molar-refractivity contribution < 1.29 is 13.9 Å². The zero-order chi connectivity index (χ0) is 19.1. The number of esters is 1. The molecular formula is C19H16FN3O2S2. The molecule has 0 aliphatic carbocycles. The van der Waals surface area contributed by atoms with Crippen LogP contribution in [0.3, 0.4) is 0 Å². The molecule has 3 heterocycles. The highest BCUT2D eigenvalue weighted by molar-refractivity contribution is 7.22. The molecule has 0 aliphatic heterocycles. The van der Waals surface area contributed by atoms with Crippen LogP contribution in [0.5, 0.6) is 0 Å². The fourth-order valence-electron chi connectivity index (χ4n) is 2.98. The van der Waals surface area contributed by atoms with Crippen molar-refractivity contribution in [2.24, 2.45) is 0 Å². The van der Waals surface area contributed by atoms with E-state index in [0.717, 1.165) is 26.2 Å². The van der Waals surface area contributed by atoms with Crippen LogP contribution in [0.4, 0.5) is 15.2 Å². The van der Waals surface area contributed by atoms with Crippen LogP contribution >= 0.6 is 22.7 Å². The topological polar surface area (TPSA) is 64.1 Å². The number of halogens is 1. The highest BCUT2D eigenvalue weighted by Gasteiger charge is 2.23. The van der Waals surface area contributed by atoms with Crippen LogP contribution in [0.25, 0.3) is 20.4 Å². The van der Waals surface area contributed by atoms with Gasteiger partial charge in [-0.1, -0.05) is 17.4 Å². The lowest BCUT2D eigenvalue weighted by Crippen LogP contribution is -2.05. The van der Waals surface area contributed by atoms with E-state index in [1.165, 1.54) is 28.7 Å². The van der Waals surface area contributed by atoms with Crippen molar-refractivity contribution in [3.63, 3.8) is 0 Å². The van der Waals surface area contributed by atoms with Gasteiger partial charge in [-0.25, -0.2) is 19.2 Å². The molecule has 8 heteroatoms. The Bertz CT molecular complexity index is 1180. The quantitative estimate of drug-likeness (QED) is 0.452. The minimum Gasteiger partial charge on any atom is -0.462 e. The molecule has 0 unspecified atom stereocenters. The van der Waals surface area contributed by atoms with Crippen molar-refractivity contribution in [2.45, 2.75) is 20.8 Å². The SMILES string of the molecule is CCOC(=O)c1sc2nc(C)cc(C)c2c1Nc1nc2c(F)cccc2s1. The van der Waals surface area contributed by atoms with Gasteiger partial charge in [0.25, 0.3) is 0 Å². The maximum absolute atomic E-state index is 14.0. The lowest BCUT2D eigenvalue weighted by atomic mass is 10.1. The zero-order valence-corrected chi connectivity index (χ0v) is 16.6. The van der Waals surface area contributed by atoms with E-state index in [0.29, 0.717) is 21.2 Å². The second-order valence-electron chi connectivity index (χ2n) is 6.02. The fourth-order valence-corrected chi connectivity index (χ4v) is 5.01. The summed E-state index contributed by atoms with van der Waals surface area (Å²) in [6.07, 6.45) is 0. The molecule has 27 heavy (non-hydrogen) atoms. The lowest BCUT2D eigenvalue weighted by Gasteiger charge is -2.07. The predicted molar refractivity (Wildman–Crippen MR) is 108 cm³/mol. The van der Waals surface area contributed by atoms with Gasteiger partial charge in [-0.05, 0) is 44.5 Å². The number of aromatic nitrogens is 2. The van der Waals surface area contributed by atoms with Gasteiger partial charge in [0.05, 0.1) is 17.0 Å². The molecule has 1 aromatic carbocycles. The molecule has 0 aliphatic rings. The number of ether oxygens (including phenoxy) is 1. The van der Waals surface area contributed by atoms with Crippen LogP contribution in [0.15, 0.2) is 24.3 Å². The second-order valence-corrected chi connectivity index (χ2v) is 8.05. The van der Waals surface area contributed by atoms with Crippen molar-refractivity contribution >= 4 is 59.9 Å². The minimum absolute atomic E-state index is 0.282. The third-order valence-electron chi connectivity index (χ3n) is 4.05. The lowest BCUT2D eigenvalue weighted by molar-refractivity contribution is 0.0533. The van der Waals surface area contributed by atoms with Gasteiger partial charge in [-0.15, -0.1) is 11.3 Å². The summed E-state index contributed by atoms with van der Waals surface area (Å²) >= 11 is 2.62. The Kier molecular flexibility index (Phi) is 4.53. The largest absolute Gasteiger partial charge is 0.462 e. The van der Waals surface area contributed by atoms with E-state index in [4.69, 9.17) is 4.74 Å². The summed E-state index contributed by atoms with van der Waals surface area (Å²) in [6.45, 7) is 5.94. The molecule has 138 valence electrons. The van der Waals surface area contributed by atoms with Gasteiger partial charge in [-0.2, -0.15) is 0 Å². The Morgan fingerprint density at radius 3 is 2.81 bits per heavy atom. The smallest absolute Gasteiger partial charge is 0.350 e. The van der Waals surface area contributed by atoms with Gasteiger partial charge in [0.2, 0.25) is 0 Å². The Labute approximate surface area is 162 Å². The summed E-state index contributed by atoms with van der Waals surface area (Å²) in [4.78, 5) is 22.6. The summed E-state index contributed by atoms with van der Waals surface area (Å²) in [5.41, 5.74) is 2.80. The number of aryl methyl sites for hydroxylation is 2. The molecule has 0 atom stereocenters. The number of thiazole rings is 1. The van der Waals surface area contributed by atoms with Crippen molar-refractivity contribution in [3.05, 3.63) is 46.2 Å². The normalized spacial score (nSPS) is 11.3. The Morgan fingerprint density at radius 2 is 2.07 bits per heavy atom. The first-order valence-electron chi connectivity index (χ1n) is 8.38. The van der Waals surface area contributed by atoms with Gasteiger partial charge in [-0.3, -0.25) is 0 Å². The highest BCUT2D eigenvalue weighted by atomic mass is 32.1. The number of thiophene rings is 1. The van der Waals surface area contributed by atoms with Gasteiger partial charge in [0.1, 0.15) is 21.0 Å². The number of carbonyl (C=O) groups is 1. The van der Waals surface area contributed by atoms with Gasteiger partial charge >= 0.3 is 5.97 Å². The number of hydrogen-bond donors (Lipinski definition) is 1. The monoisotopic (exact) mass is 401 g/mol. The van der Waals surface area contributed by atoms with Crippen molar-refractivity contribution in [3.8, 4) is 0 Å². The van der Waals surface area contributed by atoms with E-state index in [2.05, 4.69) is 15.3 Å². The molecule has 0 saturated heterocycles. The van der Waals surface area contributed by atoms with Gasteiger partial charge in [0, 0.05) is 11.1 Å². The second kappa shape index (κ2) is 6.86. The van der Waals surface area contributed by atoms with Crippen LogP contribution < -0.4 is 5.32 Å². The van der Waals surface area contributed by atoms with E-state index in [1.807, 2.05) is 26.0 Å². The molecule has 3 aromatic heterocycles. The molecule has 0 spiro atoms. The molecule has 0 amide bonds. The molecular weight excluding hydrogens is 385 g/mol. The first kappa shape index (κ1) is 17.8. The molecule has 1 N–H and O–H groups in total. The average molecular weight is 401 g/mol. The summed E-state index contributed by atoms with van der Waals surface area (Å²) in [7, 11) is 0. The van der Waals surface area contributed by atoms with Crippen LogP contribution in [0.2, 0.25) is 0 Å².